The summed E-state index contributed by atoms with van der Waals surface area (Å²) in [4.78, 5) is 47.6. The minimum Gasteiger partial charge on any atom is -0.502 e. The highest BCUT2D eigenvalue weighted by molar-refractivity contribution is 5.93. The lowest BCUT2D eigenvalue weighted by Gasteiger charge is -2.25. The van der Waals surface area contributed by atoms with Crippen LogP contribution in [-0.4, -0.2) is 54.3 Å². The Hall–Kier alpha value is -2.93. The number of carbonyl (C=O) groups excluding carboxylic acids is 4. The van der Waals surface area contributed by atoms with Crippen LogP contribution in [0.2, 0.25) is 0 Å². The summed E-state index contributed by atoms with van der Waals surface area (Å²) in [6.07, 6.45) is 2.21. The van der Waals surface area contributed by atoms with Crippen LogP contribution in [0.1, 0.15) is 58.8 Å². The van der Waals surface area contributed by atoms with E-state index in [-0.39, 0.29) is 56.8 Å². The van der Waals surface area contributed by atoms with E-state index < -0.39 is 35.6 Å². The number of carbonyl (C=O) groups is 4. The highest BCUT2D eigenvalue weighted by Gasteiger charge is 2.33. The van der Waals surface area contributed by atoms with Crippen LogP contribution in [0, 0.1) is 23.2 Å². The number of nitrogens with one attached hydrogen (secondary N) is 1. The fourth-order valence-electron chi connectivity index (χ4n) is 3.38. The van der Waals surface area contributed by atoms with Crippen molar-refractivity contribution in [2.45, 2.75) is 70.9 Å². The number of amides is 1. The smallest absolute Gasteiger partial charge is 0.372 e. The lowest BCUT2D eigenvalue weighted by atomic mass is 9.88. The van der Waals surface area contributed by atoms with Crippen LogP contribution in [0.5, 0.6) is 0 Å². The molecule has 0 bridgehead atoms. The first-order chi connectivity index (χ1) is 15.2. The summed E-state index contributed by atoms with van der Waals surface area (Å²) >= 11 is 0. The van der Waals surface area contributed by atoms with Gasteiger partial charge in [-0.1, -0.05) is 13.8 Å². The van der Waals surface area contributed by atoms with Crippen molar-refractivity contribution in [3.63, 3.8) is 0 Å². The van der Waals surface area contributed by atoms with E-state index in [0.29, 0.717) is 19.3 Å². The van der Waals surface area contributed by atoms with E-state index in [1.54, 1.807) is 6.92 Å². The third kappa shape index (κ3) is 9.47. The highest BCUT2D eigenvalue weighted by atomic mass is 16.6. The van der Waals surface area contributed by atoms with Crippen LogP contribution in [0.3, 0.4) is 0 Å². The van der Waals surface area contributed by atoms with Gasteiger partial charge in [-0.2, -0.15) is 5.26 Å². The van der Waals surface area contributed by atoms with Crippen molar-refractivity contribution in [1.82, 2.24) is 5.32 Å². The van der Waals surface area contributed by atoms with Crippen LogP contribution < -0.4 is 5.32 Å². The summed E-state index contributed by atoms with van der Waals surface area (Å²) in [5, 5.41) is 20.3. The molecule has 4 unspecified atom stereocenters. The van der Waals surface area contributed by atoms with Gasteiger partial charge in [-0.3, -0.25) is 9.59 Å². The predicted octanol–water partition coefficient (Wildman–Crippen LogP) is 2.08. The Bertz CT molecular complexity index is 730. The third-order valence-corrected chi connectivity index (χ3v) is 5.23. The van der Waals surface area contributed by atoms with E-state index in [0.717, 1.165) is 0 Å². The zero-order valence-electron chi connectivity index (χ0n) is 18.6. The Morgan fingerprint density at radius 2 is 2.00 bits per heavy atom. The molecule has 0 saturated carbocycles. The number of nitrogens with zero attached hydrogens (tertiary/aromatic N) is 1. The second kappa shape index (κ2) is 14.2. The molecule has 0 aromatic rings. The van der Waals surface area contributed by atoms with Crippen molar-refractivity contribution >= 4 is 23.8 Å². The summed E-state index contributed by atoms with van der Waals surface area (Å²) in [7, 11) is 0. The summed E-state index contributed by atoms with van der Waals surface area (Å²) in [6, 6.07) is 1.18. The number of hydrogen-bond acceptors (Lipinski definition) is 9. The normalized spacial score (nSPS) is 18.0. The molecule has 1 rings (SSSR count). The Kier molecular flexibility index (Phi) is 12.0. The number of rotatable bonds is 14. The van der Waals surface area contributed by atoms with Gasteiger partial charge in [0, 0.05) is 6.42 Å². The second-order valence-electron chi connectivity index (χ2n) is 7.70. The number of hydrogen-bond donors (Lipinski definition) is 2. The Balaban J connectivity index is 2.78. The molecule has 1 aliphatic rings. The predicted molar refractivity (Wildman–Crippen MR) is 112 cm³/mol. The van der Waals surface area contributed by atoms with E-state index in [1.807, 2.05) is 13.0 Å². The maximum Gasteiger partial charge on any atom is 0.372 e. The van der Waals surface area contributed by atoms with Crippen molar-refractivity contribution in [3.8, 4) is 6.07 Å². The molecule has 4 atom stereocenters. The van der Waals surface area contributed by atoms with Gasteiger partial charge in [-0.05, 0) is 44.6 Å². The quantitative estimate of drug-likeness (QED) is 0.133. The fourth-order valence-corrected chi connectivity index (χ4v) is 3.38. The van der Waals surface area contributed by atoms with Gasteiger partial charge >= 0.3 is 17.9 Å². The van der Waals surface area contributed by atoms with E-state index in [1.165, 1.54) is 0 Å². The lowest BCUT2D eigenvalue weighted by molar-refractivity contribution is -0.164. The first kappa shape index (κ1) is 27.1. The van der Waals surface area contributed by atoms with E-state index in [2.05, 4.69) is 11.9 Å². The zero-order valence-corrected chi connectivity index (χ0v) is 18.6. The molecule has 1 heterocycles. The fraction of sp³-hybridized carbons (Fsp3) is 0.682. The van der Waals surface area contributed by atoms with Crippen LogP contribution in [0.25, 0.3) is 0 Å². The van der Waals surface area contributed by atoms with Crippen molar-refractivity contribution < 1.29 is 38.5 Å². The summed E-state index contributed by atoms with van der Waals surface area (Å²) in [5.74, 6) is -4.42. The average Bonchev–Trinajstić information content (AvgIpc) is 3.20. The van der Waals surface area contributed by atoms with Crippen LogP contribution in [0.15, 0.2) is 12.3 Å². The molecule has 1 fully saturated rings. The summed E-state index contributed by atoms with van der Waals surface area (Å²) < 4.78 is 15.8. The highest BCUT2D eigenvalue weighted by Crippen LogP contribution is 2.25. The van der Waals surface area contributed by atoms with Crippen LogP contribution in [0.4, 0.5) is 0 Å². The van der Waals surface area contributed by atoms with Gasteiger partial charge in [0.25, 0.3) is 0 Å². The van der Waals surface area contributed by atoms with Crippen molar-refractivity contribution in [2.24, 2.45) is 11.8 Å². The minimum absolute atomic E-state index is 0.0903. The zero-order chi connectivity index (χ0) is 24.1. The number of aliphatic hydroxyl groups excluding tert-OH is 1. The van der Waals surface area contributed by atoms with Gasteiger partial charge in [0.05, 0.1) is 37.7 Å². The lowest BCUT2D eigenvalue weighted by Crippen LogP contribution is -2.37. The molecular weight excluding hydrogens is 420 g/mol. The number of esters is 3. The van der Waals surface area contributed by atoms with Gasteiger partial charge < -0.3 is 24.6 Å². The molecule has 0 spiro atoms. The van der Waals surface area contributed by atoms with E-state index in [9.17, 15) is 24.3 Å². The largest absolute Gasteiger partial charge is 0.502 e. The Morgan fingerprint density at radius 1 is 1.28 bits per heavy atom. The van der Waals surface area contributed by atoms with Gasteiger partial charge in [0.1, 0.15) is 6.04 Å². The van der Waals surface area contributed by atoms with Crippen LogP contribution in [-0.2, 0) is 33.4 Å². The van der Waals surface area contributed by atoms with E-state index in [4.69, 9.17) is 19.5 Å². The first-order valence-electron chi connectivity index (χ1n) is 10.8. The van der Waals surface area contributed by atoms with Gasteiger partial charge in [0.15, 0.2) is 5.76 Å². The monoisotopic (exact) mass is 452 g/mol. The van der Waals surface area contributed by atoms with Crippen molar-refractivity contribution in [3.05, 3.63) is 12.3 Å². The summed E-state index contributed by atoms with van der Waals surface area (Å²) in [5.41, 5.74) is 0. The molecule has 1 amide bonds. The molecule has 0 aromatic heterocycles. The molecule has 1 saturated heterocycles. The molecule has 178 valence electrons. The second-order valence-corrected chi connectivity index (χ2v) is 7.70. The molecule has 1 aliphatic heterocycles. The first-order valence-corrected chi connectivity index (χ1v) is 10.8. The minimum atomic E-state index is -0.962. The molecule has 0 aliphatic carbocycles. The topological polar surface area (TPSA) is 152 Å². The van der Waals surface area contributed by atoms with Gasteiger partial charge in [0.2, 0.25) is 5.91 Å². The molecular formula is C22H32N2O8. The van der Waals surface area contributed by atoms with Crippen molar-refractivity contribution in [1.29, 1.82) is 5.26 Å². The van der Waals surface area contributed by atoms with Crippen molar-refractivity contribution in [2.75, 3.05) is 13.2 Å². The molecule has 10 nitrogen and oxygen atoms in total. The molecule has 0 aromatic carbocycles. The average molecular weight is 453 g/mol. The van der Waals surface area contributed by atoms with Gasteiger partial charge in [-0.15, -0.1) is 0 Å². The third-order valence-electron chi connectivity index (χ3n) is 5.23. The number of nitriles is 1. The molecule has 0 radical (unpaired) electrons. The molecule has 2 N–H and O–H groups in total. The maximum absolute atomic E-state index is 12.6. The number of aliphatic hydroxyl groups is 1. The standard InChI is InChI=1S/C22H32N2O8/c1-4-16(21(28)32-22(29)18-7-8-19(26)24-18)11-15(13-31-20(27)14(3)25)12-17(5-2)30-10-6-9-23/h15-18,25H,3-8,10-13H2,1-2H3,(H,24,26). The van der Waals surface area contributed by atoms with E-state index >= 15 is 0 Å². The van der Waals surface area contributed by atoms with Gasteiger partial charge in [-0.25, -0.2) is 9.59 Å². The Labute approximate surface area is 187 Å². The molecule has 10 heteroatoms. The van der Waals surface area contributed by atoms with Crippen LogP contribution >= 0.6 is 0 Å². The maximum atomic E-state index is 12.6. The summed E-state index contributed by atoms with van der Waals surface area (Å²) in [6.45, 7) is 6.98. The number of ether oxygens (including phenoxy) is 3. The SMILES string of the molecule is C=C(O)C(=O)OCC(CC(CC)OCCC#N)CC(CC)C(=O)OC(=O)C1CCC(=O)N1. The molecule has 32 heavy (non-hydrogen) atoms. The Morgan fingerprint density at radius 3 is 2.53 bits per heavy atom.